The maximum Gasteiger partial charge on any atom is 0.414 e. The zero-order valence-electron chi connectivity index (χ0n) is 13.8. The highest BCUT2D eigenvalue weighted by molar-refractivity contribution is 7.89. The fraction of sp³-hybridized carbons (Fsp3) is 0.562. The number of amides is 1. The predicted molar refractivity (Wildman–Crippen MR) is 90.2 cm³/mol. The van der Waals surface area contributed by atoms with Crippen molar-refractivity contribution in [2.45, 2.75) is 39.7 Å². The molecule has 1 fully saturated rings. The first kappa shape index (κ1) is 17.7. The fourth-order valence-corrected chi connectivity index (χ4v) is 3.82. The second-order valence-corrected chi connectivity index (χ2v) is 7.91. The number of carbonyl (C=O) groups excluding carboxylic acids is 1. The molecular formula is C16H24N2O4S. The number of carbonyl (C=O) groups is 1. The maximum absolute atomic E-state index is 12.0. The largest absolute Gasteiger partial charge is 0.443 e. The van der Waals surface area contributed by atoms with E-state index in [-0.39, 0.29) is 12.3 Å². The van der Waals surface area contributed by atoms with Crippen LogP contribution >= 0.6 is 0 Å². The van der Waals surface area contributed by atoms with Gasteiger partial charge >= 0.3 is 6.09 Å². The topological polar surface area (TPSA) is 75.7 Å². The Bertz CT molecular complexity index is 652. The number of ether oxygens (including phenoxy) is 1. The number of anilines is 1. The van der Waals surface area contributed by atoms with Gasteiger partial charge in [-0.05, 0) is 43.5 Å². The van der Waals surface area contributed by atoms with Crippen LogP contribution < -0.4 is 9.62 Å². The number of benzene rings is 1. The van der Waals surface area contributed by atoms with Crippen LogP contribution in [0.5, 0.6) is 0 Å². The molecule has 1 atom stereocenters. The van der Waals surface area contributed by atoms with Crippen LogP contribution in [0.3, 0.4) is 0 Å². The molecule has 6 nitrogen and oxygen atoms in total. The molecule has 0 radical (unpaired) electrons. The van der Waals surface area contributed by atoms with E-state index in [1.807, 2.05) is 39.0 Å². The molecule has 1 heterocycles. The third-order valence-corrected chi connectivity index (χ3v) is 5.12. The highest BCUT2D eigenvalue weighted by Crippen LogP contribution is 2.24. The Morgan fingerprint density at radius 3 is 2.52 bits per heavy atom. The van der Waals surface area contributed by atoms with Crippen molar-refractivity contribution in [1.82, 2.24) is 4.72 Å². The lowest BCUT2D eigenvalue weighted by Gasteiger charge is -2.14. The number of nitrogens with zero attached hydrogens (tertiary/aromatic N) is 1. The van der Waals surface area contributed by atoms with Crippen molar-refractivity contribution in [2.75, 3.05) is 23.7 Å². The number of nitrogens with one attached hydrogen (secondary N) is 1. The van der Waals surface area contributed by atoms with Crippen molar-refractivity contribution in [3.05, 3.63) is 29.3 Å². The van der Waals surface area contributed by atoms with Crippen LogP contribution in [0.1, 0.15) is 30.9 Å². The first-order valence-electron chi connectivity index (χ1n) is 7.84. The number of hydrogen-bond acceptors (Lipinski definition) is 4. The zero-order chi connectivity index (χ0) is 17.0. The van der Waals surface area contributed by atoms with Crippen LogP contribution in [-0.2, 0) is 14.8 Å². The summed E-state index contributed by atoms with van der Waals surface area (Å²) in [4.78, 5) is 13.6. The molecule has 1 aromatic carbocycles. The zero-order valence-corrected chi connectivity index (χ0v) is 14.6. The molecule has 1 N–H and O–H groups in total. The monoisotopic (exact) mass is 340 g/mol. The molecule has 23 heavy (non-hydrogen) atoms. The van der Waals surface area contributed by atoms with Gasteiger partial charge in [0.05, 0.1) is 12.3 Å². The van der Waals surface area contributed by atoms with Crippen molar-refractivity contribution >= 4 is 21.8 Å². The summed E-state index contributed by atoms with van der Waals surface area (Å²) < 4.78 is 31.4. The number of cyclic esters (lactones) is 1. The highest BCUT2D eigenvalue weighted by Gasteiger charge is 2.33. The quantitative estimate of drug-likeness (QED) is 0.827. The second-order valence-electron chi connectivity index (χ2n) is 5.98. The molecule has 1 amide bonds. The van der Waals surface area contributed by atoms with E-state index >= 15 is 0 Å². The van der Waals surface area contributed by atoms with E-state index in [1.165, 1.54) is 0 Å². The smallest absolute Gasteiger partial charge is 0.414 e. The molecule has 1 saturated heterocycles. The van der Waals surface area contributed by atoms with Gasteiger partial charge in [-0.15, -0.1) is 0 Å². The van der Waals surface area contributed by atoms with E-state index in [0.717, 1.165) is 23.2 Å². The summed E-state index contributed by atoms with van der Waals surface area (Å²) >= 11 is 0. The summed E-state index contributed by atoms with van der Waals surface area (Å²) in [6, 6.07) is 5.87. The van der Waals surface area contributed by atoms with E-state index in [2.05, 4.69) is 4.72 Å². The molecule has 2 rings (SSSR count). The van der Waals surface area contributed by atoms with Gasteiger partial charge in [0.15, 0.2) is 0 Å². The first-order valence-corrected chi connectivity index (χ1v) is 9.49. The molecule has 1 aliphatic rings. The lowest BCUT2D eigenvalue weighted by molar-refractivity contribution is 0.143. The van der Waals surface area contributed by atoms with Gasteiger partial charge in [0.1, 0.15) is 6.10 Å². The highest BCUT2D eigenvalue weighted by atomic mass is 32.2. The van der Waals surface area contributed by atoms with Gasteiger partial charge in [-0.3, -0.25) is 4.90 Å². The number of sulfonamides is 1. The van der Waals surface area contributed by atoms with Crippen molar-refractivity contribution in [3.63, 3.8) is 0 Å². The maximum atomic E-state index is 12.0. The predicted octanol–water partition coefficient (Wildman–Crippen LogP) is 2.35. The Kier molecular flexibility index (Phi) is 5.64. The normalized spacial score (nSPS) is 18.3. The fourth-order valence-electron chi connectivity index (χ4n) is 2.57. The summed E-state index contributed by atoms with van der Waals surface area (Å²) in [6.45, 7) is 6.33. The minimum absolute atomic E-state index is 0.102. The Morgan fingerprint density at radius 1 is 1.26 bits per heavy atom. The standard InChI is InChI=1S/C16H24N2O4S/c1-4-5-6-23(20,21)17-10-15-11-18(16(19)22-15)14-8-12(2)7-13(3)9-14/h7-9,15,17H,4-6,10-11H2,1-3H3. The molecule has 7 heteroatoms. The average Bonchev–Trinajstić information content (AvgIpc) is 2.83. The Morgan fingerprint density at radius 2 is 1.91 bits per heavy atom. The molecule has 0 aromatic heterocycles. The molecule has 1 unspecified atom stereocenters. The van der Waals surface area contributed by atoms with E-state index in [4.69, 9.17) is 4.74 Å². The van der Waals surface area contributed by atoms with Gasteiger partial charge in [-0.1, -0.05) is 19.4 Å². The van der Waals surface area contributed by atoms with E-state index in [9.17, 15) is 13.2 Å². The summed E-state index contributed by atoms with van der Waals surface area (Å²) in [7, 11) is -3.30. The van der Waals surface area contributed by atoms with Gasteiger partial charge in [0, 0.05) is 12.2 Å². The minimum atomic E-state index is -3.30. The van der Waals surface area contributed by atoms with Crippen LogP contribution in [0, 0.1) is 13.8 Å². The number of hydrogen-bond donors (Lipinski definition) is 1. The van der Waals surface area contributed by atoms with Crippen molar-refractivity contribution in [3.8, 4) is 0 Å². The molecule has 128 valence electrons. The van der Waals surface area contributed by atoms with Crippen molar-refractivity contribution in [1.29, 1.82) is 0 Å². The van der Waals surface area contributed by atoms with Crippen LogP contribution in [0.25, 0.3) is 0 Å². The third-order valence-electron chi connectivity index (χ3n) is 3.69. The molecule has 0 spiro atoms. The molecule has 0 saturated carbocycles. The van der Waals surface area contributed by atoms with Crippen LogP contribution in [0.4, 0.5) is 10.5 Å². The van der Waals surface area contributed by atoms with Gasteiger partial charge in [0.25, 0.3) is 0 Å². The second kappa shape index (κ2) is 7.31. The summed E-state index contributed by atoms with van der Waals surface area (Å²) in [5.41, 5.74) is 2.91. The van der Waals surface area contributed by atoms with E-state index in [0.29, 0.717) is 13.0 Å². The number of rotatable bonds is 7. The Hall–Kier alpha value is -1.60. The Labute approximate surface area is 137 Å². The van der Waals surface area contributed by atoms with Gasteiger partial charge in [0.2, 0.25) is 10.0 Å². The minimum Gasteiger partial charge on any atom is -0.443 e. The molecule has 1 aliphatic heterocycles. The van der Waals surface area contributed by atoms with Gasteiger partial charge < -0.3 is 4.74 Å². The molecular weight excluding hydrogens is 316 g/mol. The SMILES string of the molecule is CCCCS(=O)(=O)NCC1CN(c2cc(C)cc(C)c2)C(=O)O1. The lowest BCUT2D eigenvalue weighted by Crippen LogP contribution is -2.35. The third kappa shape index (κ3) is 4.94. The van der Waals surface area contributed by atoms with E-state index in [1.54, 1.807) is 4.90 Å². The Balaban J connectivity index is 1.97. The summed E-state index contributed by atoms with van der Waals surface area (Å²) in [5, 5.41) is 0. The molecule has 0 bridgehead atoms. The average molecular weight is 340 g/mol. The number of aryl methyl sites for hydroxylation is 2. The molecule has 1 aromatic rings. The van der Waals surface area contributed by atoms with Gasteiger partial charge in [-0.2, -0.15) is 0 Å². The summed E-state index contributed by atoms with van der Waals surface area (Å²) in [5.74, 6) is 0.102. The van der Waals surface area contributed by atoms with Crippen LogP contribution in [0.2, 0.25) is 0 Å². The van der Waals surface area contributed by atoms with Gasteiger partial charge in [-0.25, -0.2) is 17.9 Å². The first-order chi connectivity index (χ1) is 10.8. The van der Waals surface area contributed by atoms with Crippen LogP contribution in [0.15, 0.2) is 18.2 Å². The van der Waals surface area contributed by atoms with Crippen LogP contribution in [-0.4, -0.2) is 39.5 Å². The summed E-state index contributed by atoms with van der Waals surface area (Å²) in [6.07, 6.45) is 0.529. The molecule has 0 aliphatic carbocycles. The van der Waals surface area contributed by atoms with Crippen molar-refractivity contribution < 1.29 is 17.9 Å². The number of unbranched alkanes of at least 4 members (excludes halogenated alkanes) is 1. The lowest BCUT2D eigenvalue weighted by atomic mass is 10.1. The van der Waals surface area contributed by atoms with E-state index < -0.39 is 22.2 Å². The van der Waals surface area contributed by atoms with Crippen molar-refractivity contribution in [2.24, 2.45) is 0 Å².